The van der Waals surface area contributed by atoms with Crippen LogP contribution in [0.15, 0.2) is 54.6 Å². The molecule has 5 heteroatoms. The van der Waals surface area contributed by atoms with Gasteiger partial charge in [0.15, 0.2) is 0 Å². The minimum Gasteiger partial charge on any atom is -0.465 e. The molecule has 0 amide bonds. The summed E-state index contributed by atoms with van der Waals surface area (Å²) in [5.41, 5.74) is 1.76. The van der Waals surface area contributed by atoms with Gasteiger partial charge in [-0.1, -0.05) is 61.5 Å². The highest BCUT2D eigenvalue weighted by atomic mass is 16.5. The van der Waals surface area contributed by atoms with Crippen LogP contribution in [0.25, 0.3) is 11.1 Å². The van der Waals surface area contributed by atoms with Crippen molar-refractivity contribution in [3.63, 3.8) is 0 Å². The van der Waals surface area contributed by atoms with E-state index < -0.39 is 17.9 Å². The second kappa shape index (κ2) is 8.76. The van der Waals surface area contributed by atoms with E-state index in [4.69, 9.17) is 9.47 Å². The van der Waals surface area contributed by atoms with E-state index in [2.05, 4.69) is 0 Å². The molecule has 0 saturated heterocycles. The van der Waals surface area contributed by atoms with Gasteiger partial charge in [0.2, 0.25) is 0 Å². The van der Waals surface area contributed by atoms with Gasteiger partial charge in [-0.05, 0) is 16.7 Å². The Kier molecular flexibility index (Phi) is 6.44. The molecule has 2 aromatic carbocycles. The van der Waals surface area contributed by atoms with Crippen molar-refractivity contribution in [3.8, 4) is 0 Å². The number of carbonyl (C=O) groups is 3. The van der Waals surface area contributed by atoms with Gasteiger partial charge in [-0.2, -0.15) is 0 Å². The van der Waals surface area contributed by atoms with E-state index >= 15 is 0 Å². The SMILES string of the molecule is COC(=O)C(=C(C(=O)OC)c1ccccc1C(C)C=O)c1ccccc1. The second-order valence-electron chi connectivity index (χ2n) is 5.61. The van der Waals surface area contributed by atoms with Crippen LogP contribution in [0, 0.1) is 0 Å². The maximum atomic E-state index is 12.6. The van der Waals surface area contributed by atoms with Crippen LogP contribution < -0.4 is 0 Å². The van der Waals surface area contributed by atoms with Crippen molar-refractivity contribution in [2.75, 3.05) is 14.2 Å². The van der Waals surface area contributed by atoms with Gasteiger partial charge in [-0.3, -0.25) is 0 Å². The number of benzene rings is 2. The Balaban J connectivity index is 2.89. The number of aldehydes is 1. The van der Waals surface area contributed by atoms with Gasteiger partial charge >= 0.3 is 11.9 Å². The number of methoxy groups -OCH3 is 2. The van der Waals surface area contributed by atoms with Crippen LogP contribution >= 0.6 is 0 Å². The average Bonchev–Trinajstić information content (AvgIpc) is 2.70. The fraction of sp³-hybridized carbons (Fsp3) is 0.190. The molecule has 26 heavy (non-hydrogen) atoms. The molecular weight excluding hydrogens is 332 g/mol. The summed E-state index contributed by atoms with van der Waals surface area (Å²) >= 11 is 0. The molecule has 1 unspecified atom stereocenters. The number of rotatable bonds is 6. The van der Waals surface area contributed by atoms with Gasteiger partial charge < -0.3 is 14.3 Å². The lowest BCUT2D eigenvalue weighted by Gasteiger charge is -2.17. The summed E-state index contributed by atoms with van der Waals surface area (Å²) in [4.78, 5) is 36.5. The van der Waals surface area contributed by atoms with E-state index in [0.717, 1.165) is 6.29 Å². The molecule has 0 radical (unpaired) electrons. The van der Waals surface area contributed by atoms with Crippen molar-refractivity contribution in [3.05, 3.63) is 71.3 Å². The summed E-state index contributed by atoms with van der Waals surface area (Å²) < 4.78 is 9.86. The minimum absolute atomic E-state index is 0.0647. The fourth-order valence-corrected chi connectivity index (χ4v) is 2.71. The largest absolute Gasteiger partial charge is 0.465 e. The molecule has 0 aromatic heterocycles. The summed E-state index contributed by atoms with van der Waals surface area (Å²) in [5.74, 6) is -1.80. The summed E-state index contributed by atoms with van der Waals surface area (Å²) in [6, 6.07) is 15.7. The first-order valence-corrected chi connectivity index (χ1v) is 8.06. The zero-order valence-corrected chi connectivity index (χ0v) is 14.9. The van der Waals surface area contributed by atoms with Crippen LogP contribution in [0.2, 0.25) is 0 Å². The first-order valence-electron chi connectivity index (χ1n) is 8.06. The first-order chi connectivity index (χ1) is 12.5. The molecule has 134 valence electrons. The summed E-state index contributed by atoms with van der Waals surface area (Å²) in [6.07, 6.45) is 0.786. The maximum absolute atomic E-state index is 12.6. The van der Waals surface area contributed by atoms with E-state index in [0.29, 0.717) is 16.7 Å². The number of esters is 2. The van der Waals surface area contributed by atoms with Gasteiger partial charge in [-0.15, -0.1) is 0 Å². The minimum atomic E-state index is -0.681. The van der Waals surface area contributed by atoms with Crippen LogP contribution in [0.1, 0.15) is 29.5 Å². The van der Waals surface area contributed by atoms with E-state index in [9.17, 15) is 14.4 Å². The zero-order valence-electron chi connectivity index (χ0n) is 14.9. The summed E-state index contributed by atoms with van der Waals surface area (Å²) in [7, 11) is 2.49. The Morgan fingerprint density at radius 3 is 1.96 bits per heavy atom. The number of hydrogen-bond donors (Lipinski definition) is 0. The Morgan fingerprint density at radius 1 is 0.846 bits per heavy atom. The van der Waals surface area contributed by atoms with Crippen molar-refractivity contribution >= 4 is 29.4 Å². The molecule has 0 aliphatic heterocycles. The third-order valence-electron chi connectivity index (χ3n) is 4.02. The lowest BCUT2D eigenvalue weighted by molar-refractivity contribution is -0.135. The number of ether oxygens (including phenoxy) is 2. The first kappa shape index (κ1) is 19.1. The van der Waals surface area contributed by atoms with E-state index in [1.165, 1.54) is 14.2 Å². The normalized spacial score (nSPS) is 12.6. The quantitative estimate of drug-likeness (QED) is 0.345. The number of hydrogen-bond acceptors (Lipinski definition) is 5. The topological polar surface area (TPSA) is 69.7 Å². The molecule has 0 spiro atoms. The molecule has 0 aliphatic rings. The molecule has 5 nitrogen and oxygen atoms in total. The molecule has 0 aliphatic carbocycles. The third-order valence-corrected chi connectivity index (χ3v) is 4.02. The standard InChI is InChI=1S/C21H20O5/c1-14(13-22)16-11-7-8-12-17(16)19(21(24)26-3)18(20(23)25-2)15-9-5-4-6-10-15/h4-14H,1-3H3. The molecule has 2 aromatic rings. The van der Waals surface area contributed by atoms with Crippen molar-refractivity contribution < 1.29 is 23.9 Å². The van der Waals surface area contributed by atoms with E-state index in [-0.39, 0.29) is 11.1 Å². The fourth-order valence-electron chi connectivity index (χ4n) is 2.71. The van der Waals surface area contributed by atoms with Crippen LogP contribution in [-0.2, 0) is 23.9 Å². The van der Waals surface area contributed by atoms with E-state index in [1.54, 1.807) is 61.5 Å². The number of carbonyl (C=O) groups excluding carboxylic acids is 3. The highest BCUT2D eigenvalue weighted by Crippen LogP contribution is 2.33. The molecule has 0 fully saturated rings. The maximum Gasteiger partial charge on any atom is 0.339 e. The molecule has 0 saturated carbocycles. The highest BCUT2D eigenvalue weighted by molar-refractivity contribution is 6.37. The van der Waals surface area contributed by atoms with Crippen LogP contribution in [0.5, 0.6) is 0 Å². The van der Waals surface area contributed by atoms with Crippen molar-refractivity contribution in [2.24, 2.45) is 0 Å². The molecule has 0 bridgehead atoms. The predicted molar refractivity (Wildman–Crippen MR) is 98.2 cm³/mol. The van der Waals surface area contributed by atoms with E-state index in [1.807, 2.05) is 0 Å². The Labute approximate surface area is 152 Å². The Hall–Kier alpha value is -3.21. The van der Waals surface area contributed by atoms with Crippen LogP contribution in [-0.4, -0.2) is 32.4 Å². The average molecular weight is 352 g/mol. The van der Waals surface area contributed by atoms with Crippen molar-refractivity contribution in [1.29, 1.82) is 0 Å². The van der Waals surface area contributed by atoms with Gasteiger partial charge in [0, 0.05) is 5.92 Å². The second-order valence-corrected chi connectivity index (χ2v) is 5.61. The van der Waals surface area contributed by atoms with Gasteiger partial charge in [0.05, 0.1) is 25.4 Å². The lowest BCUT2D eigenvalue weighted by Crippen LogP contribution is -2.15. The smallest absolute Gasteiger partial charge is 0.339 e. The van der Waals surface area contributed by atoms with Gasteiger partial charge in [-0.25, -0.2) is 9.59 Å². The highest BCUT2D eigenvalue weighted by Gasteiger charge is 2.27. The summed E-state index contributed by atoms with van der Waals surface area (Å²) in [5, 5.41) is 0. The molecule has 0 N–H and O–H groups in total. The zero-order chi connectivity index (χ0) is 19.1. The van der Waals surface area contributed by atoms with Gasteiger partial charge in [0.25, 0.3) is 0 Å². The molecule has 1 atom stereocenters. The lowest BCUT2D eigenvalue weighted by atomic mass is 9.88. The van der Waals surface area contributed by atoms with Crippen molar-refractivity contribution in [2.45, 2.75) is 12.8 Å². The predicted octanol–water partition coefficient (Wildman–Crippen LogP) is 3.25. The summed E-state index contributed by atoms with van der Waals surface area (Å²) in [6.45, 7) is 1.72. The monoisotopic (exact) mass is 352 g/mol. The Bertz CT molecular complexity index is 836. The van der Waals surface area contributed by atoms with Crippen LogP contribution in [0.4, 0.5) is 0 Å². The van der Waals surface area contributed by atoms with Crippen LogP contribution in [0.3, 0.4) is 0 Å². The van der Waals surface area contributed by atoms with Crippen molar-refractivity contribution in [1.82, 2.24) is 0 Å². The third kappa shape index (κ3) is 3.88. The molecular formula is C21H20O5. The molecule has 2 rings (SSSR count). The van der Waals surface area contributed by atoms with Gasteiger partial charge in [0.1, 0.15) is 6.29 Å². The molecule has 0 heterocycles. The Morgan fingerprint density at radius 2 is 1.38 bits per heavy atom.